The fourth-order valence-electron chi connectivity index (χ4n) is 2.21. The first kappa shape index (κ1) is 12.4. The van der Waals surface area contributed by atoms with E-state index in [2.05, 4.69) is 20.9 Å². The lowest BCUT2D eigenvalue weighted by Crippen LogP contribution is -2.00. The number of benzene rings is 2. The molecule has 0 spiro atoms. The first-order chi connectivity index (χ1) is 9.16. The number of aromatic amines is 1. The lowest BCUT2D eigenvalue weighted by atomic mass is 9.98. The van der Waals surface area contributed by atoms with E-state index in [4.69, 9.17) is 0 Å². The maximum Gasteiger partial charge on any atom is 0.137 e. The van der Waals surface area contributed by atoms with Crippen LogP contribution in [0.3, 0.4) is 0 Å². The lowest BCUT2D eigenvalue weighted by Gasteiger charge is -2.13. The van der Waals surface area contributed by atoms with Gasteiger partial charge in [-0.05, 0) is 51.3 Å². The van der Waals surface area contributed by atoms with Gasteiger partial charge in [0.05, 0.1) is 4.47 Å². The summed E-state index contributed by atoms with van der Waals surface area (Å²) in [6, 6.07) is 12.2. The minimum absolute atomic E-state index is 0.337. The Morgan fingerprint density at radius 1 is 1.16 bits per heavy atom. The topological polar surface area (TPSA) is 36.0 Å². The van der Waals surface area contributed by atoms with E-state index in [1.807, 2.05) is 30.5 Å². The molecule has 3 aromatic rings. The van der Waals surface area contributed by atoms with Gasteiger partial charge < -0.3 is 10.1 Å². The normalized spacial score (nSPS) is 12.8. The molecule has 0 fully saturated rings. The first-order valence-corrected chi connectivity index (χ1v) is 6.65. The molecule has 0 saturated heterocycles. The van der Waals surface area contributed by atoms with E-state index in [0.29, 0.717) is 10.0 Å². The summed E-state index contributed by atoms with van der Waals surface area (Å²) >= 11 is 3.14. The number of aliphatic hydroxyl groups is 1. The van der Waals surface area contributed by atoms with Gasteiger partial charge in [-0.1, -0.05) is 18.2 Å². The summed E-state index contributed by atoms with van der Waals surface area (Å²) in [5, 5.41) is 11.4. The van der Waals surface area contributed by atoms with Crippen LogP contribution in [0.1, 0.15) is 17.2 Å². The molecule has 2 nitrogen and oxygen atoms in total. The third-order valence-electron chi connectivity index (χ3n) is 3.18. The van der Waals surface area contributed by atoms with Gasteiger partial charge in [-0.15, -0.1) is 0 Å². The Kier molecular flexibility index (Phi) is 3.12. The molecule has 2 aromatic carbocycles. The standard InChI is InChI=1S/C15H11BrFNO/c16-12-8-9(4-5-13(12)17)15(19)11-2-1-3-14-10(11)6-7-18-14/h1-8,15,18-19H. The smallest absolute Gasteiger partial charge is 0.137 e. The number of H-pyrrole nitrogens is 1. The second kappa shape index (κ2) is 4.79. The molecule has 0 amide bonds. The van der Waals surface area contributed by atoms with Gasteiger partial charge in [0.1, 0.15) is 11.9 Å². The molecule has 0 saturated carbocycles. The number of halogens is 2. The van der Waals surface area contributed by atoms with Crippen molar-refractivity contribution in [3.8, 4) is 0 Å². The Labute approximate surface area is 118 Å². The van der Waals surface area contributed by atoms with Gasteiger partial charge in [0, 0.05) is 17.1 Å². The summed E-state index contributed by atoms with van der Waals surface area (Å²) in [4.78, 5) is 3.11. The van der Waals surface area contributed by atoms with E-state index in [9.17, 15) is 9.50 Å². The number of rotatable bonds is 2. The fourth-order valence-corrected chi connectivity index (χ4v) is 2.61. The Hall–Kier alpha value is -1.65. The van der Waals surface area contributed by atoms with Crippen molar-refractivity contribution >= 4 is 26.8 Å². The minimum Gasteiger partial charge on any atom is -0.384 e. The molecule has 1 heterocycles. The van der Waals surface area contributed by atoms with Crippen molar-refractivity contribution in [1.29, 1.82) is 0 Å². The van der Waals surface area contributed by atoms with E-state index < -0.39 is 6.10 Å². The highest BCUT2D eigenvalue weighted by Crippen LogP contribution is 2.30. The highest BCUT2D eigenvalue weighted by molar-refractivity contribution is 9.10. The summed E-state index contributed by atoms with van der Waals surface area (Å²) in [5.74, 6) is -0.337. The molecule has 4 heteroatoms. The average Bonchev–Trinajstić information content (AvgIpc) is 2.89. The molecule has 1 unspecified atom stereocenters. The SMILES string of the molecule is OC(c1ccc(F)c(Br)c1)c1cccc2[nH]ccc12. The fraction of sp³-hybridized carbons (Fsp3) is 0.0667. The summed E-state index contributed by atoms with van der Waals surface area (Å²) in [5.41, 5.74) is 2.43. The van der Waals surface area contributed by atoms with E-state index in [1.54, 1.807) is 12.1 Å². The summed E-state index contributed by atoms with van der Waals surface area (Å²) in [7, 11) is 0. The van der Waals surface area contributed by atoms with Crippen LogP contribution in [0.5, 0.6) is 0 Å². The molecule has 0 aliphatic heterocycles. The quantitative estimate of drug-likeness (QED) is 0.731. The van der Waals surface area contributed by atoms with Gasteiger partial charge in [0.25, 0.3) is 0 Å². The van der Waals surface area contributed by atoms with Crippen molar-refractivity contribution < 1.29 is 9.50 Å². The van der Waals surface area contributed by atoms with Crippen molar-refractivity contribution in [3.63, 3.8) is 0 Å². The molecule has 0 aliphatic rings. The largest absolute Gasteiger partial charge is 0.384 e. The third kappa shape index (κ3) is 2.17. The van der Waals surface area contributed by atoms with Gasteiger partial charge >= 0.3 is 0 Å². The number of hydrogen-bond donors (Lipinski definition) is 2. The molecule has 96 valence electrons. The number of aromatic nitrogens is 1. The maximum atomic E-state index is 13.2. The second-order valence-corrected chi connectivity index (χ2v) is 5.22. The Morgan fingerprint density at radius 3 is 2.79 bits per heavy atom. The summed E-state index contributed by atoms with van der Waals surface area (Å²) in [6.07, 6.45) is 1.05. The van der Waals surface area contributed by atoms with E-state index in [0.717, 1.165) is 16.5 Å². The zero-order valence-corrected chi connectivity index (χ0v) is 11.5. The molecule has 1 atom stereocenters. The van der Waals surface area contributed by atoms with Crippen molar-refractivity contribution in [3.05, 3.63) is 70.1 Å². The first-order valence-electron chi connectivity index (χ1n) is 5.86. The van der Waals surface area contributed by atoms with Gasteiger partial charge in [0.2, 0.25) is 0 Å². The van der Waals surface area contributed by atoms with Gasteiger partial charge in [0.15, 0.2) is 0 Å². The van der Waals surface area contributed by atoms with E-state index in [1.165, 1.54) is 6.07 Å². The number of nitrogens with one attached hydrogen (secondary N) is 1. The maximum absolute atomic E-state index is 13.2. The Balaban J connectivity index is 2.10. The van der Waals surface area contributed by atoms with Crippen LogP contribution in [0.25, 0.3) is 10.9 Å². The average molecular weight is 320 g/mol. The van der Waals surface area contributed by atoms with Crippen LogP contribution in [0.2, 0.25) is 0 Å². The number of aliphatic hydroxyl groups excluding tert-OH is 1. The monoisotopic (exact) mass is 319 g/mol. The van der Waals surface area contributed by atoms with Crippen molar-refractivity contribution in [1.82, 2.24) is 4.98 Å². The van der Waals surface area contributed by atoms with Crippen LogP contribution in [0.4, 0.5) is 4.39 Å². The number of fused-ring (bicyclic) bond motifs is 1. The van der Waals surface area contributed by atoms with Gasteiger partial charge in [-0.2, -0.15) is 0 Å². The van der Waals surface area contributed by atoms with Crippen LogP contribution < -0.4 is 0 Å². The predicted octanol–water partition coefficient (Wildman–Crippen LogP) is 4.15. The Bertz CT molecular complexity index is 738. The lowest BCUT2D eigenvalue weighted by molar-refractivity contribution is 0.221. The number of hydrogen-bond acceptors (Lipinski definition) is 1. The van der Waals surface area contributed by atoms with Crippen LogP contribution in [0.15, 0.2) is 53.1 Å². The van der Waals surface area contributed by atoms with Crippen molar-refractivity contribution in [2.24, 2.45) is 0 Å². The molecule has 1 aromatic heterocycles. The molecule has 3 rings (SSSR count). The molecule has 0 bridgehead atoms. The highest BCUT2D eigenvalue weighted by atomic mass is 79.9. The second-order valence-electron chi connectivity index (χ2n) is 4.36. The summed E-state index contributed by atoms with van der Waals surface area (Å²) in [6.45, 7) is 0. The molecule has 19 heavy (non-hydrogen) atoms. The Morgan fingerprint density at radius 2 is 2.00 bits per heavy atom. The third-order valence-corrected chi connectivity index (χ3v) is 3.79. The molecule has 0 radical (unpaired) electrons. The van der Waals surface area contributed by atoms with Crippen molar-refractivity contribution in [2.75, 3.05) is 0 Å². The van der Waals surface area contributed by atoms with Crippen LogP contribution in [0, 0.1) is 5.82 Å². The molecular formula is C15H11BrFNO. The van der Waals surface area contributed by atoms with Crippen molar-refractivity contribution in [2.45, 2.75) is 6.10 Å². The van der Waals surface area contributed by atoms with E-state index in [-0.39, 0.29) is 5.82 Å². The van der Waals surface area contributed by atoms with Gasteiger partial charge in [-0.25, -0.2) is 4.39 Å². The molecular weight excluding hydrogens is 309 g/mol. The van der Waals surface area contributed by atoms with E-state index >= 15 is 0 Å². The predicted molar refractivity (Wildman–Crippen MR) is 76.5 cm³/mol. The molecule has 2 N–H and O–H groups in total. The molecule has 0 aliphatic carbocycles. The van der Waals surface area contributed by atoms with Crippen LogP contribution in [-0.4, -0.2) is 10.1 Å². The van der Waals surface area contributed by atoms with Gasteiger partial charge in [-0.3, -0.25) is 0 Å². The minimum atomic E-state index is -0.781. The summed E-state index contributed by atoms with van der Waals surface area (Å²) < 4.78 is 13.6. The zero-order valence-electron chi connectivity index (χ0n) is 9.90. The highest BCUT2D eigenvalue weighted by Gasteiger charge is 2.15. The van der Waals surface area contributed by atoms with Crippen LogP contribution >= 0.6 is 15.9 Å². The zero-order chi connectivity index (χ0) is 13.4. The van der Waals surface area contributed by atoms with Crippen LogP contribution in [-0.2, 0) is 0 Å².